The van der Waals surface area contributed by atoms with E-state index >= 15 is 0 Å². The van der Waals surface area contributed by atoms with E-state index in [9.17, 15) is 18.4 Å². The summed E-state index contributed by atoms with van der Waals surface area (Å²) >= 11 is 5.94. The predicted octanol–water partition coefficient (Wildman–Crippen LogP) is 3.25. The van der Waals surface area contributed by atoms with Crippen LogP contribution in [0.3, 0.4) is 0 Å². The fraction of sp³-hybridized carbons (Fsp3) is 0.333. The van der Waals surface area contributed by atoms with Gasteiger partial charge in [-0.25, -0.2) is 13.6 Å². The lowest BCUT2D eigenvalue weighted by atomic mass is 10.1. The van der Waals surface area contributed by atoms with Gasteiger partial charge in [-0.2, -0.15) is 0 Å². The van der Waals surface area contributed by atoms with Gasteiger partial charge in [0.25, 0.3) is 0 Å². The normalized spacial score (nSPS) is 20.2. The van der Waals surface area contributed by atoms with E-state index < -0.39 is 29.4 Å². The first-order valence-electron chi connectivity index (χ1n) is 6.79. The summed E-state index contributed by atoms with van der Waals surface area (Å²) < 4.78 is 33.3. The topological polar surface area (TPSA) is 48.3 Å². The van der Waals surface area contributed by atoms with E-state index in [1.807, 2.05) is 0 Å². The molecule has 0 N–H and O–H groups in total. The number of pyridine rings is 1. The van der Waals surface area contributed by atoms with Crippen LogP contribution < -0.4 is 5.43 Å². The molecule has 22 heavy (non-hydrogen) atoms. The highest BCUT2D eigenvalue weighted by molar-refractivity contribution is 6.35. The van der Waals surface area contributed by atoms with Crippen molar-refractivity contribution < 1.29 is 18.3 Å². The van der Waals surface area contributed by atoms with Gasteiger partial charge in [0.15, 0.2) is 0 Å². The molecule has 0 aliphatic heterocycles. The van der Waals surface area contributed by atoms with E-state index in [-0.39, 0.29) is 34.5 Å². The molecule has 1 aromatic carbocycles. The SMILES string of the molecule is CCOC(=O)c1cn(C2CC2F)c2c(Cl)c(F)ccc2c1=O. The summed E-state index contributed by atoms with van der Waals surface area (Å²) in [5.41, 5.74) is -0.719. The summed E-state index contributed by atoms with van der Waals surface area (Å²) in [6.07, 6.45) is 0.325. The molecule has 3 rings (SSSR count). The van der Waals surface area contributed by atoms with E-state index in [0.717, 1.165) is 6.07 Å². The zero-order valence-corrected chi connectivity index (χ0v) is 12.4. The Bertz CT molecular complexity index is 834. The smallest absolute Gasteiger partial charge is 0.343 e. The van der Waals surface area contributed by atoms with Gasteiger partial charge in [0.05, 0.1) is 18.2 Å². The molecule has 4 nitrogen and oxygen atoms in total. The number of carbonyl (C=O) groups is 1. The van der Waals surface area contributed by atoms with Gasteiger partial charge in [0.1, 0.15) is 22.6 Å². The highest BCUT2D eigenvalue weighted by Gasteiger charge is 2.40. The number of carbonyl (C=O) groups excluding carboxylic acids is 1. The van der Waals surface area contributed by atoms with Crippen LogP contribution >= 0.6 is 11.6 Å². The number of halogens is 3. The van der Waals surface area contributed by atoms with Crippen molar-refractivity contribution in [1.29, 1.82) is 0 Å². The molecule has 0 spiro atoms. The lowest BCUT2D eigenvalue weighted by Gasteiger charge is -2.13. The summed E-state index contributed by atoms with van der Waals surface area (Å²) in [7, 11) is 0. The number of hydrogen-bond donors (Lipinski definition) is 0. The van der Waals surface area contributed by atoms with Gasteiger partial charge in [0, 0.05) is 18.0 Å². The van der Waals surface area contributed by atoms with Crippen molar-refractivity contribution in [2.45, 2.75) is 25.6 Å². The zero-order valence-electron chi connectivity index (χ0n) is 11.6. The largest absolute Gasteiger partial charge is 0.462 e. The molecule has 0 amide bonds. The van der Waals surface area contributed by atoms with Gasteiger partial charge in [-0.05, 0) is 19.1 Å². The van der Waals surface area contributed by atoms with Crippen molar-refractivity contribution in [3.8, 4) is 0 Å². The average molecular weight is 328 g/mol. The fourth-order valence-electron chi connectivity index (χ4n) is 2.44. The number of rotatable bonds is 3. The van der Waals surface area contributed by atoms with Crippen LogP contribution in [0.25, 0.3) is 10.9 Å². The molecular weight excluding hydrogens is 316 g/mol. The van der Waals surface area contributed by atoms with Gasteiger partial charge in [0.2, 0.25) is 5.43 Å². The summed E-state index contributed by atoms with van der Waals surface area (Å²) in [6, 6.07) is 1.73. The lowest BCUT2D eigenvalue weighted by Crippen LogP contribution is -2.21. The molecule has 1 saturated carbocycles. The Hall–Kier alpha value is -1.95. The second-order valence-corrected chi connectivity index (χ2v) is 5.45. The van der Waals surface area contributed by atoms with Gasteiger partial charge in [-0.3, -0.25) is 4.79 Å². The predicted molar refractivity (Wildman–Crippen MR) is 77.7 cm³/mol. The number of alkyl halides is 1. The second kappa shape index (κ2) is 5.35. The van der Waals surface area contributed by atoms with Crippen LogP contribution in [0.5, 0.6) is 0 Å². The highest BCUT2D eigenvalue weighted by atomic mass is 35.5. The van der Waals surface area contributed by atoms with Gasteiger partial charge >= 0.3 is 5.97 Å². The number of benzene rings is 1. The number of fused-ring (bicyclic) bond motifs is 1. The highest BCUT2D eigenvalue weighted by Crippen LogP contribution is 2.42. The van der Waals surface area contributed by atoms with Gasteiger partial charge in [-0.15, -0.1) is 0 Å². The minimum atomic E-state index is -1.11. The van der Waals surface area contributed by atoms with E-state index in [2.05, 4.69) is 0 Å². The Kier molecular flexibility index (Phi) is 3.64. The van der Waals surface area contributed by atoms with Crippen LogP contribution in [0.4, 0.5) is 8.78 Å². The van der Waals surface area contributed by atoms with Crippen molar-refractivity contribution in [3.05, 3.63) is 45.0 Å². The molecule has 2 atom stereocenters. The summed E-state index contributed by atoms with van der Waals surface area (Å²) in [6.45, 7) is 1.72. The Morgan fingerprint density at radius 2 is 2.18 bits per heavy atom. The van der Waals surface area contributed by atoms with Crippen LogP contribution in [0.15, 0.2) is 23.1 Å². The minimum Gasteiger partial charge on any atom is -0.462 e. The summed E-state index contributed by atoms with van der Waals surface area (Å²) in [5, 5.41) is -0.194. The minimum absolute atomic E-state index is 0.0658. The monoisotopic (exact) mass is 327 g/mol. The maximum absolute atomic E-state index is 13.7. The van der Waals surface area contributed by atoms with Crippen LogP contribution in [-0.2, 0) is 4.74 Å². The van der Waals surface area contributed by atoms with Gasteiger partial charge < -0.3 is 9.30 Å². The molecule has 0 bridgehead atoms. The van der Waals surface area contributed by atoms with E-state index in [1.165, 1.54) is 16.8 Å². The van der Waals surface area contributed by atoms with Crippen molar-refractivity contribution in [3.63, 3.8) is 0 Å². The van der Waals surface area contributed by atoms with Crippen molar-refractivity contribution in [2.75, 3.05) is 6.61 Å². The Labute approximate surface area is 129 Å². The quantitative estimate of drug-likeness (QED) is 0.813. The number of nitrogens with zero attached hydrogens (tertiary/aromatic N) is 1. The molecule has 0 radical (unpaired) electrons. The fourth-order valence-corrected chi connectivity index (χ4v) is 2.70. The first-order chi connectivity index (χ1) is 10.5. The molecule has 1 heterocycles. The second-order valence-electron chi connectivity index (χ2n) is 5.08. The standard InChI is InChI=1S/C15H12ClF2NO3/c1-2-22-15(21)8-6-19(11-5-10(11)18)13-7(14(8)20)3-4-9(17)12(13)16/h3-4,6,10-11H,2,5H2,1H3. The number of hydrogen-bond acceptors (Lipinski definition) is 3. The molecule has 1 fully saturated rings. The Morgan fingerprint density at radius 3 is 2.77 bits per heavy atom. The maximum atomic E-state index is 13.7. The third-order valence-electron chi connectivity index (χ3n) is 3.62. The van der Waals surface area contributed by atoms with Crippen LogP contribution in [0, 0.1) is 5.82 Å². The number of esters is 1. The molecule has 2 unspecified atom stereocenters. The lowest BCUT2D eigenvalue weighted by molar-refractivity contribution is 0.0524. The Balaban J connectivity index is 2.33. The molecule has 1 aromatic heterocycles. The van der Waals surface area contributed by atoms with Crippen molar-refractivity contribution in [1.82, 2.24) is 4.57 Å². The Morgan fingerprint density at radius 1 is 1.50 bits per heavy atom. The zero-order chi connectivity index (χ0) is 16.0. The van der Waals surface area contributed by atoms with Crippen molar-refractivity contribution >= 4 is 28.5 Å². The first-order valence-corrected chi connectivity index (χ1v) is 7.17. The molecule has 116 valence electrons. The number of aromatic nitrogens is 1. The molecule has 0 saturated heterocycles. The molecule has 7 heteroatoms. The maximum Gasteiger partial charge on any atom is 0.343 e. The third kappa shape index (κ3) is 2.27. The third-order valence-corrected chi connectivity index (χ3v) is 3.98. The van der Waals surface area contributed by atoms with E-state index in [0.29, 0.717) is 0 Å². The molecule has 1 aliphatic rings. The van der Waals surface area contributed by atoms with E-state index in [4.69, 9.17) is 16.3 Å². The van der Waals surface area contributed by atoms with E-state index in [1.54, 1.807) is 6.92 Å². The first kappa shape index (κ1) is 15.0. The van der Waals surface area contributed by atoms with Crippen LogP contribution in [0.2, 0.25) is 5.02 Å². The summed E-state index contributed by atoms with van der Waals surface area (Å²) in [4.78, 5) is 24.3. The summed E-state index contributed by atoms with van der Waals surface area (Å²) in [5.74, 6) is -1.50. The molecule has 2 aromatic rings. The molecular formula is C15H12ClF2NO3. The van der Waals surface area contributed by atoms with Crippen LogP contribution in [-0.4, -0.2) is 23.3 Å². The van der Waals surface area contributed by atoms with Gasteiger partial charge in [-0.1, -0.05) is 11.6 Å². The average Bonchev–Trinajstić information content (AvgIpc) is 3.20. The van der Waals surface area contributed by atoms with Crippen LogP contribution in [0.1, 0.15) is 29.7 Å². The number of ether oxygens (including phenoxy) is 1. The van der Waals surface area contributed by atoms with Crippen molar-refractivity contribution in [2.24, 2.45) is 0 Å². The molecule has 1 aliphatic carbocycles.